The summed E-state index contributed by atoms with van der Waals surface area (Å²) in [6.07, 6.45) is 1.07. The number of carbonyl (C=O) groups excluding carboxylic acids is 3. The number of hydrogen-bond donors (Lipinski definition) is 8. The summed E-state index contributed by atoms with van der Waals surface area (Å²) in [4.78, 5) is 48.9. The normalized spacial score (nSPS) is 12.4. The third kappa shape index (κ3) is 12.6. The molecule has 0 spiro atoms. The highest BCUT2D eigenvalue weighted by Gasteiger charge is 2.29. The van der Waals surface area contributed by atoms with Gasteiger partial charge >= 0.3 is 0 Å². The van der Waals surface area contributed by atoms with E-state index in [1.165, 1.54) is 0 Å². The van der Waals surface area contributed by atoms with E-state index in [1.807, 2.05) is 84.9 Å². The molecule has 0 saturated heterocycles. The maximum atomic E-state index is 14.0. The smallest absolute Gasteiger partial charge is 0.243 e. The van der Waals surface area contributed by atoms with Gasteiger partial charge in [-0.2, -0.15) is 0 Å². The molecule has 3 atom stereocenters. The maximum absolute atomic E-state index is 14.0. The van der Waals surface area contributed by atoms with E-state index in [2.05, 4.69) is 25.9 Å². The monoisotopic (exact) mass is 690 g/mol. The number of benzene rings is 4. The second-order valence-electron chi connectivity index (χ2n) is 12.1. The Hall–Kier alpha value is -6.21. The van der Waals surface area contributed by atoms with E-state index in [4.69, 9.17) is 28.7 Å². The van der Waals surface area contributed by atoms with E-state index in [0.29, 0.717) is 25.1 Å². The average molecular weight is 691 g/mol. The van der Waals surface area contributed by atoms with E-state index in [1.54, 1.807) is 24.3 Å². The summed E-state index contributed by atoms with van der Waals surface area (Å²) in [7, 11) is 0. The zero-order valence-electron chi connectivity index (χ0n) is 28.4. The van der Waals surface area contributed by atoms with E-state index in [0.717, 1.165) is 27.8 Å². The average Bonchev–Trinajstić information content (AvgIpc) is 3.13. The minimum absolute atomic E-state index is 0.0462. The molecule has 266 valence electrons. The number of carbonyl (C=O) groups is 3. The molecule has 13 nitrogen and oxygen atoms in total. The van der Waals surface area contributed by atoms with Crippen molar-refractivity contribution in [1.82, 2.24) is 16.0 Å². The summed E-state index contributed by atoms with van der Waals surface area (Å²) >= 11 is 0. The quantitative estimate of drug-likeness (QED) is 0.0460. The molecule has 4 aromatic rings. The molecule has 13 heteroatoms. The van der Waals surface area contributed by atoms with Crippen molar-refractivity contribution >= 4 is 35.3 Å². The molecular weight excluding hydrogens is 644 g/mol. The van der Waals surface area contributed by atoms with Crippen molar-refractivity contribution in [2.24, 2.45) is 38.7 Å². The summed E-state index contributed by atoms with van der Waals surface area (Å²) < 4.78 is 0. The Labute approximate surface area is 297 Å². The van der Waals surface area contributed by atoms with Crippen molar-refractivity contribution in [2.45, 2.75) is 50.4 Å². The summed E-state index contributed by atoms with van der Waals surface area (Å²) in [5, 5.41) is 8.64. The van der Waals surface area contributed by atoms with E-state index in [-0.39, 0.29) is 31.3 Å². The third-order valence-electron chi connectivity index (χ3n) is 8.02. The van der Waals surface area contributed by atoms with Crippen LogP contribution in [0.5, 0.6) is 0 Å². The van der Waals surface area contributed by atoms with Gasteiger partial charge in [0.05, 0.1) is 11.7 Å². The van der Waals surface area contributed by atoms with Gasteiger partial charge in [0.15, 0.2) is 11.9 Å². The Kier molecular flexibility index (Phi) is 14.1. The van der Waals surface area contributed by atoms with Crippen LogP contribution < -0.4 is 44.6 Å². The van der Waals surface area contributed by atoms with Crippen LogP contribution in [0.3, 0.4) is 0 Å². The Bertz CT molecular complexity index is 1770. The first kappa shape index (κ1) is 37.6. The molecule has 0 fully saturated rings. The molecule has 0 bridgehead atoms. The number of hydrogen-bond acceptors (Lipinski definition) is 6. The highest BCUT2D eigenvalue weighted by molar-refractivity contribution is 5.93. The van der Waals surface area contributed by atoms with Crippen LogP contribution in [0.25, 0.3) is 11.1 Å². The van der Waals surface area contributed by atoms with E-state index < -0.39 is 35.8 Å². The van der Waals surface area contributed by atoms with Gasteiger partial charge in [-0.3, -0.25) is 19.4 Å². The topological polar surface area (TPSA) is 242 Å². The van der Waals surface area contributed by atoms with Gasteiger partial charge in [0, 0.05) is 25.9 Å². The molecule has 0 unspecified atom stereocenters. The molecular formula is C38H46N10O3. The fourth-order valence-corrected chi connectivity index (χ4v) is 5.32. The lowest BCUT2D eigenvalue weighted by molar-refractivity contribution is -0.132. The summed E-state index contributed by atoms with van der Waals surface area (Å²) in [6, 6.07) is 31.1. The summed E-state index contributed by atoms with van der Waals surface area (Å²) in [5.41, 5.74) is 33.1. The Morgan fingerprint density at radius 2 is 1.12 bits per heavy atom. The molecule has 51 heavy (non-hydrogen) atoms. The molecule has 0 aromatic heterocycles. The highest BCUT2D eigenvalue weighted by Crippen LogP contribution is 2.20. The molecule has 0 saturated carbocycles. The van der Waals surface area contributed by atoms with Crippen LogP contribution in [0.4, 0.5) is 5.69 Å². The fourth-order valence-electron chi connectivity index (χ4n) is 5.32. The van der Waals surface area contributed by atoms with Gasteiger partial charge in [0.2, 0.25) is 17.7 Å². The van der Waals surface area contributed by atoms with Gasteiger partial charge in [-0.05, 0) is 52.8 Å². The van der Waals surface area contributed by atoms with Gasteiger partial charge < -0.3 is 44.6 Å². The molecule has 0 heterocycles. The molecule has 4 rings (SSSR count). The predicted molar refractivity (Wildman–Crippen MR) is 201 cm³/mol. The first-order chi connectivity index (χ1) is 24.6. The van der Waals surface area contributed by atoms with Crippen LogP contribution in [-0.4, -0.2) is 54.3 Å². The molecule has 4 aromatic carbocycles. The lowest BCUT2D eigenvalue weighted by Crippen LogP contribution is -2.56. The molecule has 3 amide bonds. The Morgan fingerprint density at radius 3 is 1.71 bits per heavy atom. The molecule has 0 radical (unpaired) electrons. The molecule has 0 aliphatic rings. The zero-order valence-corrected chi connectivity index (χ0v) is 28.4. The number of nitrogens with one attached hydrogen (secondary N) is 3. The lowest BCUT2D eigenvalue weighted by Gasteiger charge is -2.25. The van der Waals surface area contributed by atoms with Gasteiger partial charge in [-0.15, -0.1) is 0 Å². The SMILES string of the molecule is NC(N)=NCCC[C@H](N)C(=O)N[C@@H](Cc1ccc(-c2ccccc2)cc1)C(=O)N[C@@H](Cc1ccc(N=C(N)N)cc1)C(=O)NCc1ccccc1. The Morgan fingerprint density at radius 1 is 0.588 bits per heavy atom. The van der Waals surface area contributed by atoms with Gasteiger partial charge in [0.25, 0.3) is 0 Å². The number of amides is 3. The van der Waals surface area contributed by atoms with Crippen molar-refractivity contribution in [1.29, 1.82) is 0 Å². The van der Waals surface area contributed by atoms with E-state index in [9.17, 15) is 14.4 Å². The van der Waals surface area contributed by atoms with Gasteiger partial charge in [0.1, 0.15) is 12.1 Å². The largest absolute Gasteiger partial charge is 0.370 e. The van der Waals surface area contributed by atoms with Crippen molar-refractivity contribution in [3.63, 3.8) is 0 Å². The van der Waals surface area contributed by atoms with Crippen LogP contribution in [0.15, 0.2) is 119 Å². The highest BCUT2D eigenvalue weighted by atomic mass is 16.2. The van der Waals surface area contributed by atoms with Crippen LogP contribution >= 0.6 is 0 Å². The Balaban J connectivity index is 1.55. The van der Waals surface area contributed by atoms with Crippen LogP contribution in [0.2, 0.25) is 0 Å². The first-order valence-electron chi connectivity index (χ1n) is 16.6. The standard InChI is InChI=1S/C38H46N10O3/c39-31(12-7-21-44-37(40)41)34(49)47-33(23-25-13-17-29(18-14-25)28-10-5-2-6-11-28)36(51)48-32(35(50)45-24-27-8-3-1-4-9-27)22-26-15-19-30(20-16-26)46-38(42)43/h1-6,8-11,13-20,31-33H,7,12,21-24,39H2,(H,45,50)(H,47,49)(H,48,51)(H4,40,41,44)(H4,42,43,46)/t31-,32-,33-/m0/s1. The van der Waals surface area contributed by atoms with Crippen LogP contribution in [-0.2, 0) is 33.8 Å². The predicted octanol–water partition coefficient (Wildman–Crippen LogP) is 1.71. The fraction of sp³-hybridized carbons (Fsp3) is 0.237. The zero-order chi connectivity index (χ0) is 36.6. The third-order valence-corrected chi connectivity index (χ3v) is 8.02. The first-order valence-corrected chi connectivity index (χ1v) is 16.6. The van der Waals surface area contributed by atoms with Crippen molar-refractivity contribution < 1.29 is 14.4 Å². The van der Waals surface area contributed by atoms with Crippen LogP contribution in [0.1, 0.15) is 29.5 Å². The number of nitrogens with two attached hydrogens (primary N) is 5. The number of aliphatic imine (C=N–C) groups is 2. The maximum Gasteiger partial charge on any atom is 0.243 e. The minimum Gasteiger partial charge on any atom is -0.370 e. The number of guanidine groups is 2. The molecule has 0 aliphatic carbocycles. The van der Waals surface area contributed by atoms with Crippen molar-refractivity contribution in [3.8, 4) is 11.1 Å². The minimum atomic E-state index is -1.04. The second kappa shape index (κ2) is 19.1. The van der Waals surface area contributed by atoms with Gasteiger partial charge in [-0.25, -0.2) is 4.99 Å². The summed E-state index contributed by atoms with van der Waals surface area (Å²) in [6.45, 7) is 0.575. The van der Waals surface area contributed by atoms with Crippen LogP contribution in [0, 0.1) is 0 Å². The van der Waals surface area contributed by atoms with Gasteiger partial charge in [-0.1, -0.05) is 97.1 Å². The molecule has 13 N–H and O–H groups in total. The number of nitrogens with zero attached hydrogens (tertiary/aromatic N) is 2. The van der Waals surface area contributed by atoms with Crippen molar-refractivity contribution in [2.75, 3.05) is 6.54 Å². The lowest BCUT2D eigenvalue weighted by atomic mass is 9.99. The second-order valence-corrected chi connectivity index (χ2v) is 12.1. The molecule has 0 aliphatic heterocycles. The van der Waals surface area contributed by atoms with E-state index >= 15 is 0 Å². The summed E-state index contributed by atoms with van der Waals surface area (Å²) in [5.74, 6) is -1.57. The number of rotatable bonds is 17. The van der Waals surface area contributed by atoms with Crippen molar-refractivity contribution in [3.05, 3.63) is 126 Å².